The van der Waals surface area contributed by atoms with Crippen LogP contribution in [-0.4, -0.2) is 34.1 Å². The van der Waals surface area contributed by atoms with Crippen LogP contribution in [0, 0.1) is 0 Å². The van der Waals surface area contributed by atoms with E-state index in [0.717, 1.165) is 16.7 Å². The fraction of sp³-hybridized carbons (Fsp3) is 0.0588. The first-order chi connectivity index (χ1) is 12.0. The van der Waals surface area contributed by atoms with Crippen molar-refractivity contribution in [1.82, 2.24) is 5.32 Å². The Labute approximate surface area is 152 Å². The predicted octanol–water partition coefficient (Wildman–Crippen LogP) is 3.26. The molecule has 1 heterocycles. The Kier molecular flexibility index (Phi) is 5.16. The summed E-state index contributed by atoms with van der Waals surface area (Å²) in [7, 11) is 0. The number of carboxylic acid groups (broad SMARTS) is 1. The molecule has 1 fully saturated rings. The van der Waals surface area contributed by atoms with Crippen molar-refractivity contribution >= 4 is 46.6 Å². The van der Waals surface area contributed by atoms with Gasteiger partial charge in [0, 0.05) is 0 Å². The molecule has 1 saturated heterocycles. The van der Waals surface area contributed by atoms with Gasteiger partial charge < -0.3 is 10.4 Å². The molecule has 1 amide bonds. The largest absolute Gasteiger partial charge is 0.478 e. The van der Waals surface area contributed by atoms with Crippen LogP contribution in [0.15, 0.2) is 52.7 Å². The maximum atomic E-state index is 11.0. The summed E-state index contributed by atoms with van der Waals surface area (Å²) in [5.74, 6) is -0.760. The van der Waals surface area contributed by atoms with Gasteiger partial charge in [-0.2, -0.15) is 5.10 Å². The van der Waals surface area contributed by atoms with Crippen LogP contribution in [0.3, 0.4) is 0 Å². The van der Waals surface area contributed by atoms with Gasteiger partial charge in [-0.25, -0.2) is 4.79 Å². The normalized spacial score (nSPS) is 15.7. The molecular formula is C17H12ClN3O3S. The number of hydrogen-bond donors (Lipinski definition) is 2. The zero-order chi connectivity index (χ0) is 17.8. The molecule has 0 spiro atoms. The van der Waals surface area contributed by atoms with Crippen LogP contribution < -0.4 is 5.32 Å². The van der Waals surface area contributed by atoms with Crippen LogP contribution in [0.2, 0.25) is 5.02 Å². The zero-order valence-corrected chi connectivity index (χ0v) is 14.3. The number of amidine groups is 1. The van der Waals surface area contributed by atoms with Crippen LogP contribution in [0.4, 0.5) is 0 Å². The van der Waals surface area contributed by atoms with E-state index in [9.17, 15) is 9.59 Å². The monoisotopic (exact) mass is 373 g/mol. The molecule has 0 atom stereocenters. The highest BCUT2D eigenvalue weighted by Gasteiger charge is 2.15. The second-order valence-corrected chi connectivity index (χ2v) is 6.48. The lowest BCUT2D eigenvalue weighted by Gasteiger charge is -2.05. The molecule has 0 saturated carbocycles. The van der Waals surface area contributed by atoms with E-state index < -0.39 is 5.97 Å². The fourth-order valence-electron chi connectivity index (χ4n) is 2.16. The van der Waals surface area contributed by atoms with E-state index in [1.807, 2.05) is 24.3 Å². The fourth-order valence-corrected chi connectivity index (χ4v) is 3.05. The molecule has 0 aliphatic carbocycles. The predicted molar refractivity (Wildman–Crippen MR) is 99.5 cm³/mol. The minimum atomic E-state index is -1.05. The van der Waals surface area contributed by atoms with E-state index in [-0.39, 0.29) is 16.5 Å². The van der Waals surface area contributed by atoms with Crippen molar-refractivity contribution in [2.75, 3.05) is 5.75 Å². The molecule has 0 aromatic heterocycles. The first-order valence-corrected chi connectivity index (χ1v) is 8.56. The van der Waals surface area contributed by atoms with E-state index in [4.69, 9.17) is 16.7 Å². The van der Waals surface area contributed by atoms with Crippen molar-refractivity contribution in [2.45, 2.75) is 0 Å². The van der Waals surface area contributed by atoms with Gasteiger partial charge in [-0.05, 0) is 28.8 Å². The van der Waals surface area contributed by atoms with Crippen LogP contribution in [0.1, 0.15) is 15.9 Å². The molecule has 1 aliphatic heterocycles. The van der Waals surface area contributed by atoms with Crippen LogP contribution >= 0.6 is 23.4 Å². The quantitative estimate of drug-likeness (QED) is 0.635. The van der Waals surface area contributed by atoms with Gasteiger partial charge in [0.05, 0.1) is 22.6 Å². The van der Waals surface area contributed by atoms with Gasteiger partial charge in [0.15, 0.2) is 5.17 Å². The second-order valence-electron chi connectivity index (χ2n) is 5.11. The standard InChI is InChI=1S/C17H12ClN3O3S/c18-14-7-12(5-6-13(14)16(23)24)11-3-1-10(2-4-11)8-19-21-17-20-15(22)9-25-17/h1-8H,9H2,(H,23,24)(H,20,21,22). The molecule has 0 unspecified atom stereocenters. The van der Waals surface area contributed by atoms with Crippen molar-refractivity contribution in [3.63, 3.8) is 0 Å². The minimum Gasteiger partial charge on any atom is -0.478 e. The van der Waals surface area contributed by atoms with E-state index in [2.05, 4.69) is 15.5 Å². The van der Waals surface area contributed by atoms with Crippen LogP contribution in [-0.2, 0) is 4.79 Å². The highest BCUT2D eigenvalue weighted by Crippen LogP contribution is 2.26. The van der Waals surface area contributed by atoms with Crippen molar-refractivity contribution in [2.24, 2.45) is 10.2 Å². The molecule has 8 heteroatoms. The summed E-state index contributed by atoms with van der Waals surface area (Å²) in [5, 5.41) is 20.2. The molecule has 3 rings (SSSR count). The summed E-state index contributed by atoms with van der Waals surface area (Å²) in [6, 6.07) is 12.3. The zero-order valence-electron chi connectivity index (χ0n) is 12.8. The van der Waals surface area contributed by atoms with Crippen molar-refractivity contribution in [1.29, 1.82) is 0 Å². The third kappa shape index (κ3) is 4.26. The number of carbonyl (C=O) groups is 2. The van der Waals surface area contributed by atoms with Gasteiger partial charge in [-0.3, -0.25) is 4.79 Å². The van der Waals surface area contributed by atoms with Gasteiger partial charge in [0.25, 0.3) is 0 Å². The van der Waals surface area contributed by atoms with Gasteiger partial charge in [-0.1, -0.05) is 53.7 Å². The minimum absolute atomic E-state index is 0.0733. The molecular weight excluding hydrogens is 362 g/mol. The van der Waals surface area contributed by atoms with Crippen molar-refractivity contribution < 1.29 is 14.7 Å². The number of aromatic carboxylic acids is 1. The highest BCUT2D eigenvalue weighted by atomic mass is 35.5. The summed E-state index contributed by atoms with van der Waals surface area (Å²) < 4.78 is 0. The third-order valence-electron chi connectivity index (χ3n) is 3.39. The summed E-state index contributed by atoms with van der Waals surface area (Å²) in [6.45, 7) is 0. The van der Waals surface area contributed by atoms with Gasteiger partial charge in [-0.15, -0.1) is 5.10 Å². The van der Waals surface area contributed by atoms with Gasteiger partial charge in [0.2, 0.25) is 5.91 Å². The number of carboxylic acids is 1. The summed E-state index contributed by atoms with van der Waals surface area (Å²) >= 11 is 7.31. The van der Waals surface area contributed by atoms with Gasteiger partial charge >= 0.3 is 5.97 Å². The molecule has 0 bridgehead atoms. The number of hydrogen-bond acceptors (Lipinski definition) is 5. The summed E-state index contributed by atoms with van der Waals surface area (Å²) in [5.41, 5.74) is 2.64. The SMILES string of the molecule is O=C1CSC(=NN=Cc2ccc(-c3ccc(C(=O)O)c(Cl)c3)cc2)N1. The molecule has 6 nitrogen and oxygen atoms in total. The lowest BCUT2D eigenvalue weighted by atomic mass is 10.0. The van der Waals surface area contributed by atoms with Crippen molar-refractivity contribution in [3.05, 3.63) is 58.6 Å². The van der Waals surface area contributed by atoms with Crippen LogP contribution in [0.5, 0.6) is 0 Å². The van der Waals surface area contributed by atoms with Gasteiger partial charge in [0.1, 0.15) is 0 Å². The van der Waals surface area contributed by atoms with E-state index in [1.54, 1.807) is 18.3 Å². The molecule has 2 N–H and O–H groups in total. The molecule has 2 aromatic carbocycles. The summed E-state index contributed by atoms with van der Waals surface area (Å²) in [6.07, 6.45) is 1.59. The Morgan fingerprint density at radius 2 is 1.92 bits per heavy atom. The maximum Gasteiger partial charge on any atom is 0.337 e. The molecule has 0 radical (unpaired) electrons. The van der Waals surface area contributed by atoms with E-state index in [0.29, 0.717) is 10.9 Å². The topological polar surface area (TPSA) is 91.1 Å². The number of carbonyl (C=O) groups excluding carboxylic acids is 1. The number of thioether (sulfide) groups is 1. The lowest BCUT2D eigenvalue weighted by molar-refractivity contribution is -0.116. The molecule has 1 aliphatic rings. The Hall–Kier alpha value is -2.64. The lowest BCUT2D eigenvalue weighted by Crippen LogP contribution is -2.19. The maximum absolute atomic E-state index is 11.0. The molecule has 25 heavy (non-hydrogen) atoms. The average molecular weight is 374 g/mol. The Morgan fingerprint density at radius 3 is 2.52 bits per heavy atom. The van der Waals surface area contributed by atoms with Crippen LogP contribution in [0.25, 0.3) is 11.1 Å². The van der Waals surface area contributed by atoms with Crippen molar-refractivity contribution in [3.8, 4) is 11.1 Å². The molecule has 126 valence electrons. The number of rotatable bonds is 4. The van der Waals surface area contributed by atoms with E-state index >= 15 is 0 Å². The number of nitrogens with one attached hydrogen (secondary N) is 1. The highest BCUT2D eigenvalue weighted by molar-refractivity contribution is 8.15. The summed E-state index contributed by atoms with van der Waals surface area (Å²) in [4.78, 5) is 22.0. The first kappa shape index (κ1) is 17.2. The second kappa shape index (κ2) is 7.50. The Bertz CT molecular complexity index is 895. The van der Waals surface area contributed by atoms with E-state index in [1.165, 1.54) is 17.8 Å². The number of nitrogens with zero attached hydrogens (tertiary/aromatic N) is 2. The number of amides is 1. The smallest absolute Gasteiger partial charge is 0.337 e. The number of benzene rings is 2. The third-order valence-corrected chi connectivity index (χ3v) is 4.56. The Balaban J connectivity index is 1.73. The molecule has 2 aromatic rings. The first-order valence-electron chi connectivity index (χ1n) is 7.20. The number of halogens is 1. The average Bonchev–Trinajstić information content (AvgIpc) is 3.00. The Morgan fingerprint density at radius 1 is 1.20 bits per heavy atom.